The minimum absolute atomic E-state index is 0.00332. The first-order valence-electron chi connectivity index (χ1n) is 14.4. The number of anilines is 3. The van der Waals surface area contributed by atoms with Crippen LogP contribution in [-0.4, -0.2) is 61.8 Å². The van der Waals surface area contributed by atoms with Crippen molar-refractivity contribution in [3.05, 3.63) is 46.5 Å². The second-order valence-electron chi connectivity index (χ2n) is 11.3. The highest BCUT2D eigenvalue weighted by molar-refractivity contribution is 5.77. The number of pyridine rings is 2. The summed E-state index contributed by atoms with van der Waals surface area (Å²) in [6.07, 6.45) is 7.02. The van der Waals surface area contributed by atoms with Crippen molar-refractivity contribution in [2.24, 2.45) is 0 Å². The van der Waals surface area contributed by atoms with Gasteiger partial charge in [0, 0.05) is 43.3 Å². The maximum Gasteiger partial charge on any atom is 0.410 e. The van der Waals surface area contributed by atoms with Gasteiger partial charge in [-0.2, -0.15) is 10.2 Å². The minimum atomic E-state index is -0.525. The molecule has 1 saturated carbocycles. The van der Waals surface area contributed by atoms with E-state index in [0.29, 0.717) is 42.4 Å². The van der Waals surface area contributed by atoms with Crippen LogP contribution in [-0.2, 0) is 4.74 Å². The number of piperazine rings is 1. The van der Waals surface area contributed by atoms with Crippen LogP contribution in [0.3, 0.4) is 0 Å². The Labute approximate surface area is 241 Å². The SMILES string of the molecule is CC.CC1CN(c2ccc(Nc3ncc4cc(C#N)c(=O)n(C5CCCC5)c4n3)nc2)CCN1C(=O)OC(C)(C)C. The van der Waals surface area contributed by atoms with Crippen LogP contribution in [0.15, 0.2) is 35.4 Å². The van der Waals surface area contributed by atoms with Gasteiger partial charge in [-0.25, -0.2) is 14.8 Å². The minimum Gasteiger partial charge on any atom is -0.444 e. The second kappa shape index (κ2) is 12.5. The lowest BCUT2D eigenvalue weighted by molar-refractivity contribution is 0.0159. The molecular formula is C30H40N8O3. The van der Waals surface area contributed by atoms with E-state index < -0.39 is 5.60 Å². The number of ether oxygens (including phenoxy) is 1. The molecule has 1 atom stereocenters. The van der Waals surface area contributed by atoms with Crippen molar-refractivity contribution < 1.29 is 9.53 Å². The summed E-state index contributed by atoms with van der Waals surface area (Å²) in [5, 5.41) is 13.3. The Morgan fingerprint density at radius 1 is 1.12 bits per heavy atom. The molecule has 0 radical (unpaired) electrons. The van der Waals surface area contributed by atoms with E-state index in [1.807, 2.05) is 59.7 Å². The van der Waals surface area contributed by atoms with E-state index in [0.717, 1.165) is 31.4 Å². The highest BCUT2D eigenvalue weighted by Crippen LogP contribution is 2.31. The van der Waals surface area contributed by atoms with Gasteiger partial charge in [-0.1, -0.05) is 26.7 Å². The largest absolute Gasteiger partial charge is 0.444 e. The third kappa shape index (κ3) is 6.76. The Morgan fingerprint density at radius 2 is 1.85 bits per heavy atom. The standard InChI is InChI=1S/C28H34N8O3.C2H6/c1-18-17-34(11-12-35(18)27(38)39-28(2,3)4)22-9-10-23(30-16-22)32-26-31-15-20-13-19(14-29)25(37)36(24(20)33-26)21-7-5-6-8-21;1-2/h9-10,13,15-16,18,21H,5-8,11-12,17H2,1-4H3,(H,30,31,32,33);1-2H3. The number of hydrogen-bond donors (Lipinski definition) is 1. The van der Waals surface area contributed by atoms with E-state index >= 15 is 0 Å². The fourth-order valence-electron chi connectivity index (χ4n) is 5.31. The lowest BCUT2D eigenvalue weighted by atomic mass is 10.1. The van der Waals surface area contributed by atoms with Gasteiger partial charge in [0.1, 0.15) is 28.7 Å². The third-order valence-corrected chi connectivity index (χ3v) is 7.19. The molecule has 41 heavy (non-hydrogen) atoms. The molecule has 11 nitrogen and oxygen atoms in total. The predicted octanol–water partition coefficient (Wildman–Crippen LogP) is 5.39. The third-order valence-electron chi connectivity index (χ3n) is 7.19. The van der Waals surface area contributed by atoms with Crippen molar-refractivity contribution in [2.45, 2.75) is 84.9 Å². The van der Waals surface area contributed by atoms with Gasteiger partial charge in [0.25, 0.3) is 5.56 Å². The van der Waals surface area contributed by atoms with E-state index in [2.05, 4.69) is 25.2 Å². The number of nitriles is 1. The maximum atomic E-state index is 13.0. The molecule has 1 aliphatic heterocycles. The normalized spacial score (nSPS) is 17.5. The van der Waals surface area contributed by atoms with Gasteiger partial charge < -0.3 is 19.9 Å². The maximum absolute atomic E-state index is 13.0. The highest BCUT2D eigenvalue weighted by atomic mass is 16.6. The summed E-state index contributed by atoms with van der Waals surface area (Å²) in [5.41, 5.74) is 0.761. The molecule has 4 heterocycles. The number of carbonyl (C=O) groups is 1. The zero-order valence-corrected chi connectivity index (χ0v) is 24.8. The molecule has 1 saturated heterocycles. The van der Waals surface area contributed by atoms with Crippen LogP contribution < -0.4 is 15.8 Å². The zero-order valence-electron chi connectivity index (χ0n) is 24.8. The molecule has 11 heteroatoms. The van der Waals surface area contributed by atoms with E-state index in [9.17, 15) is 14.9 Å². The monoisotopic (exact) mass is 560 g/mol. The molecule has 1 unspecified atom stereocenters. The Morgan fingerprint density at radius 3 is 2.46 bits per heavy atom. The number of amides is 1. The Bertz CT molecular complexity index is 1470. The van der Waals surface area contributed by atoms with Crippen LogP contribution in [0, 0.1) is 11.3 Å². The van der Waals surface area contributed by atoms with Gasteiger partial charge in [-0.05, 0) is 58.7 Å². The summed E-state index contributed by atoms with van der Waals surface area (Å²) in [6, 6.07) is 7.43. The molecule has 3 aromatic heterocycles. The average Bonchev–Trinajstić information content (AvgIpc) is 3.48. The topological polar surface area (TPSA) is 129 Å². The molecule has 3 aromatic rings. The fourth-order valence-corrected chi connectivity index (χ4v) is 5.31. The summed E-state index contributed by atoms with van der Waals surface area (Å²) < 4.78 is 7.21. The van der Waals surface area contributed by atoms with Crippen LogP contribution in [0.1, 0.15) is 78.8 Å². The molecular weight excluding hydrogens is 520 g/mol. The number of nitrogens with zero attached hydrogens (tertiary/aromatic N) is 7. The van der Waals surface area contributed by atoms with E-state index in [1.54, 1.807) is 27.9 Å². The molecule has 0 bridgehead atoms. The lowest BCUT2D eigenvalue weighted by Crippen LogP contribution is -2.55. The molecule has 1 N–H and O–H groups in total. The van der Waals surface area contributed by atoms with Crippen molar-refractivity contribution in [2.75, 3.05) is 29.9 Å². The van der Waals surface area contributed by atoms with Crippen molar-refractivity contribution in [1.82, 2.24) is 24.4 Å². The first kappa shape index (κ1) is 29.8. The van der Waals surface area contributed by atoms with E-state index in [1.165, 1.54) is 0 Å². The van der Waals surface area contributed by atoms with Crippen molar-refractivity contribution in [3.63, 3.8) is 0 Å². The van der Waals surface area contributed by atoms with Gasteiger partial charge >= 0.3 is 6.09 Å². The number of carbonyl (C=O) groups excluding carboxylic acids is 1. The van der Waals surface area contributed by atoms with Crippen molar-refractivity contribution in [3.8, 4) is 6.07 Å². The smallest absolute Gasteiger partial charge is 0.410 e. The van der Waals surface area contributed by atoms with Gasteiger partial charge in [-0.15, -0.1) is 0 Å². The van der Waals surface area contributed by atoms with Crippen LogP contribution in [0.4, 0.5) is 22.2 Å². The molecule has 0 spiro atoms. The molecule has 218 valence electrons. The van der Waals surface area contributed by atoms with Crippen LogP contribution in [0.2, 0.25) is 0 Å². The number of hydrogen-bond acceptors (Lipinski definition) is 9. The Hall–Kier alpha value is -4.20. The fraction of sp³-hybridized carbons (Fsp3) is 0.533. The molecule has 1 amide bonds. The number of nitrogens with one attached hydrogen (secondary N) is 1. The lowest BCUT2D eigenvalue weighted by Gasteiger charge is -2.41. The number of fused-ring (bicyclic) bond motifs is 1. The molecule has 0 aromatic carbocycles. The summed E-state index contributed by atoms with van der Waals surface area (Å²) in [7, 11) is 0. The van der Waals surface area contributed by atoms with Gasteiger partial charge in [0.05, 0.1) is 11.9 Å². The van der Waals surface area contributed by atoms with Crippen molar-refractivity contribution in [1.29, 1.82) is 5.26 Å². The number of aromatic nitrogens is 4. The zero-order chi connectivity index (χ0) is 29.7. The van der Waals surface area contributed by atoms with E-state index in [4.69, 9.17) is 4.74 Å². The molecule has 5 rings (SSSR count). The van der Waals surface area contributed by atoms with Crippen LogP contribution >= 0.6 is 0 Å². The molecule has 2 aliphatic rings. The summed E-state index contributed by atoms with van der Waals surface area (Å²) >= 11 is 0. The van der Waals surface area contributed by atoms with Crippen molar-refractivity contribution >= 4 is 34.6 Å². The van der Waals surface area contributed by atoms with Crippen LogP contribution in [0.5, 0.6) is 0 Å². The quantitative estimate of drug-likeness (QED) is 0.446. The summed E-state index contributed by atoms with van der Waals surface area (Å²) in [5.74, 6) is 0.903. The van der Waals surface area contributed by atoms with Gasteiger partial charge in [-0.3, -0.25) is 9.36 Å². The van der Waals surface area contributed by atoms with Gasteiger partial charge in [0.15, 0.2) is 0 Å². The molecule has 1 aliphatic carbocycles. The Kier molecular flexibility index (Phi) is 9.11. The number of rotatable bonds is 4. The summed E-state index contributed by atoms with van der Waals surface area (Å²) in [4.78, 5) is 43.1. The second-order valence-corrected chi connectivity index (χ2v) is 11.3. The van der Waals surface area contributed by atoms with Gasteiger partial charge in [0.2, 0.25) is 5.95 Å². The average molecular weight is 561 g/mol. The first-order chi connectivity index (χ1) is 19.6. The Balaban J connectivity index is 0.00000189. The first-order valence-corrected chi connectivity index (χ1v) is 14.4. The molecule has 2 fully saturated rings. The van der Waals surface area contributed by atoms with E-state index in [-0.39, 0.29) is 29.3 Å². The predicted molar refractivity (Wildman–Crippen MR) is 160 cm³/mol. The highest BCUT2D eigenvalue weighted by Gasteiger charge is 2.31. The van der Waals surface area contributed by atoms with Crippen LogP contribution in [0.25, 0.3) is 11.0 Å². The summed E-state index contributed by atoms with van der Waals surface area (Å²) in [6.45, 7) is 13.5.